The van der Waals surface area contributed by atoms with E-state index in [9.17, 15) is 19.5 Å². The molecule has 8 atom stereocenters. The van der Waals surface area contributed by atoms with Crippen molar-refractivity contribution in [2.24, 2.45) is 34.5 Å². The number of carbonyl (C=O) groups excluding carboxylic acids is 3. The highest BCUT2D eigenvalue weighted by Gasteiger charge is 2.70. The van der Waals surface area contributed by atoms with Crippen molar-refractivity contribution >= 4 is 34.8 Å². The Bertz CT molecular complexity index is 999. The predicted octanol–water partition coefficient (Wildman–Crippen LogP) is 4.53. The van der Waals surface area contributed by atoms with Gasteiger partial charge in [-0.05, 0) is 67.8 Å². The number of hydrogen-bond donors (Lipinski definition) is 1. The number of carbonyl (C=O) groups is 3. The second kappa shape index (κ2) is 9.22. The van der Waals surface area contributed by atoms with E-state index in [1.165, 1.54) is 0 Å². The zero-order valence-electron chi connectivity index (χ0n) is 21.5. The van der Waals surface area contributed by atoms with Crippen LogP contribution >= 0.6 is 12.2 Å². The number of Topliss-reactive ketones (excluding diaryl/α,β-unsaturated/α-hetero) is 1. The Morgan fingerprint density at radius 1 is 1.23 bits per heavy atom. The van der Waals surface area contributed by atoms with Crippen molar-refractivity contribution in [3.05, 3.63) is 23.8 Å². The summed E-state index contributed by atoms with van der Waals surface area (Å²) in [5, 5.41) is 12.1. The van der Waals surface area contributed by atoms with Crippen molar-refractivity contribution in [2.75, 3.05) is 6.61 Å². The summed E-state index contributed by atoms with van der Waals surface area (Å²) >= 11 is 5.46. The van der Waals surface area contributed by atoms with Crippen molar-refractivity contribution in [2.45, 2.75) is 84.8 Å². The van der Waals surface area contributed by atoms with Crippen LogP contribution in [-0.4, -0.2) is 46.0 Å². The molecule has 4 rings (SSSR count). The van der Waals surface area contributed by atoms with Crippen molar-refractivity contribution in [1.82, 2.24) is 0 Å². The summed E-state index contributed by atoms with van der Waals surface area (Å²) in [6.45, 7) is 9.59. The zero-order chi connectivity index (χ0) is 25.8. The second-order valence-electron chi connectivity index (χ2n) is 11.4. The van der Waals surface area contributed by atoms with Crippen LogP contribution in [-0.2, 0) is 23.9 Å². The van der Waals surface area contributed by atoms with Crippen LogP contribution in [0.15, 0.2) is 23.8 Å². The number of ether oxygens (including phenoxy) is 2. The smallest absolute Gasteiger partial charge is 0.305 e. The van der Waals surface area contributed by atoms with Crippen LogP contribution in [0.3, 0.4) is 0 Å². The normalized spacial score (nSPS) is 41.8. The number of hydrogen-bond acceptors (Lipinski definition) is 7. The molecular formula is C28H38O6S. The van der Waals surface area contributed by atoms with Gasteiger partial charge in [-0.2, -0.15) is 0 Å². The molecule has 0 amide bonds. The summed E-state index contributed by atoms with van der Waals surface area (Å²) in [6, 6.07) is 0. The van der Waals surface area contributed by atoms with Crippen molar-refractivity contribution < 1.29 is 29.0 Å². The minimum absolute atomic E-state index is 0.00602. The Morgan fingerprint density at radius 3 is 2.60 bits per heavy atom. The second-order valence-corrected chi connectivity index (χ2v) is 11.8. The molecule has 4 aliphatic carbocycles. The van der Waals surface area contributed by atoms with Gasteiger partial charge in [-0.15, -0.1) is 0 Å². The van der Waals surface area contributed by atoms with Gasteiger partial charge in [0, 0.05) is 29.6 Å². The fourth-order valence-electron chi connectivity index (χ4n) is 8.05. The molecule has 0 saturated heterocycles. The molecule has 7 heteroatoms. The summed E-state index contributed by atoms with van der Waals surface area (Å²) in [7, 11) is 0. The fraction of sp³-hybridized carbons (Fsp3) is 0.714. The molecular weight excluding hydrogens is 464 g/mol. The molecule has 0 aromatic heterocycles. The SMILES string of the molecule is CCC(=O)OCC(=O)[C@@]1(OC(=S)CC)CC[C@H]2[C@@H]3C[C@H](C)C4=CC(=O)C=C[C@]4(C)[C@H]3[C@@H](O)C[C@@]21C. The predicted molar refractivity (Wildman–Crippen MR) is 136 cm³/mol. The number of aliphatic hydroxyl groups excluding tert-OH is 1. The van der Waals surface area contributed by atoms with E-state index in [4.69, 9.17) is 21.7 Å². The topological polar surface area (TPSA) is 89.9 Å². The highest BCUT2D eigenvalue weighted by Crippen LogP contribution is 2.68. The first kappa shape index (κ1) is 26.2. The van der Waals surface area contributed by atoms with Gasteiger partial charge in [0.25, 0.3) is 0 Å². The van der Waals surface area contributed by atoms with Crippen LogP contribution in [0.5, 0.6) is 0 Å². The molecule has 0 spiro atoms. The Labute approximate surface area is 213 Å². The van der Waals surface area contributed by atoms with E-state index in [2.05, 4.69) is 20.8 Å². The summed E-state index contributed by atoms with van der Waals surface area (Å²) in [6.07, 6.45) is 7.88. The van der Waals surface area contributed by atoms with Gasteiger partial charge in [0.1, 0.15) is 0 Å². The zero-order valence-corrected chi connectivity index (χ0v) is 22.3. The average molecular weight is 503 g/mol. The molecule has 3 saturated carbocycles. The third-order valence-corrected chi connectivity index (χ3v) is 9.99. The molecule has 0 aliphatic heterocycles. The maximum absolute atomic E-state index is 13.8. The minimum Gasteiger partial charge on any atom is -0.472 e. The monoisotopic (exact) mass is 502 g/mol. The van der Waals surface area contributed by atoms with Gasteiger partial charge in [-0.1, -0.05) is 46.3 Å². The van der Waals surface area contributed by atoms with E-state index in [1.54, 1.807) is 19.1 Å². The van der Waals surface area contributed by atoms with E-state index in [-0.39, 0.29) is 48.3 Å². The van der Waals surface area contributed by atoms with E-state index in [0.29, 0.717) is 24.3 Å². The lowest BCUT2D eigenvalue weighted by molar-refractivity contribution is -0.179. The van der Waals surface area contributed by atoms with Crippen LogP contribution in [0.25, 0.3) is 0 Å². The summed E-state index contributed by atoms with van der Waals surface area (Å²) < 4.78 is 11.6. The number of rotatable bonds is 6. The molecule has 0 unspecified atom stereocenters. The minimum atomic E-state index is -1.23. The third-order valence-electron chi connectivity index (χ3n) is 9.62. The molecule has 0 radical (unpaired) electrons. The summed E-state index contributed by atoms with van der Waals surface area (Å²) in [4.78, 5) is 37.8. The molecule has 0 aromatic carbocycles. The maximum Gasteiger partial charge on any atom is 0.305 e. The molecule has 4 aliphatic rings. The van der Waals surface area contributed by atoms with Gasteiger partial charge >= 0.3 is 5.97 Å². The number of ketones is 2. The van der Waals surface area contributed by atoms with E-state index >= 15 is 0 Å². The molecule has 192 valence electrons. The van der Waals surface area contributed by atoms with E-state index < -0.39 is 28.5 Å². The Morgan fingerprint density at radius 2 is 1.94 bits per heavy atom. The van der Waals surface area contributed by atoms with Crippen molar-refractivity contribution in [3.8, 4) is 0 Å². The molecule has 1 N–H and O–H groups in total. The number of aliphatic hydroxyl groups is 1. The summed E-state index contributed by atoms with van der Waals surface area (Å²) in [5.74, 6) is -0.260. The number of thiocarbonyl (C=S) groups is 1. The van der Waals surface area contributed by atoms with E-state index in [1.807, 2.05) is 13.0 Å². The van der Waals surface area contributed by atoms with Crippen LogP contribution in [0.2, 0.25) is 0 Å². The van der Waals surface area contributed by atoms with Crippen LogP contribution in [0.1, 0.15) is 73.1 Å². The van der Waals surface area contributed by atoms with Gasteiger partial charge in [0.2, 0.25) is 5.78 Å². The first-order valence-corrected chi connectivity index (χ1v) is 13.4. The average Bonchev–Trinajstić information content (AvgIpc) is 3.10. The Hall–Kier alpha value is -1.86. The van der Waals surface area contributed by atoms with Crippen LogP contribution < -0.4 is 0 Å². The number of allylic oxidation sites excluding steroid dienone is 4. The summed E-state index contributed by atoms with van der Waals surface area (Å²) in [5.41, 5.74) is -1.19. The van der Waals surface area contributed by atoms with Crippen LogP contribution in [0.4, 0.5) is 0 Å². The molecule has 0 heterocycles. The van der Waals surface area contributed by atoms with Gasteiger partial charge in [-0.3, -0.25) is 14.4 Å². The lowest BCUT2D eigenvalue weighted by atomic mass is 9.44. The standard InChI is InChI=1S/C28H38O6S/c1-6-23(32)33-15-22(31)28(34-24(35)7-2)11-9-19-18-12-16(3)20-13-17(29)8-10-26(20,4)25(18)21(30)14-27(19,28)5/h8,10,13,16,18-19,21,25,30H,6-7,9,11-12,14-15H2,1-5H3/t16-,18-,19-,21-,25+,26-,27-,28-/m0/s1. The lowest BCUT2D eigenvalue weighted by Gasteiger charge is -2.61. The van der Waals surface area contributed by atoms with Gasteiger partial charge in [0.15, 0.2) is 23.0 Å². The maximum atomic E-state index is 13.8. The first-order valence-electron chi connectivity index (χ1n) is 13.0. The van der Waals surface area contributed by atoms with Crippen molar-refractivity contribution in [1.29, 1.82) is 0 Å². The molecule has 0 aromatic rings. The molecule has 6 nitrogen and oxygen atoms in total. The van der Waals surface area contributed by atoms with Gasteiger partial charge in [-0.25, -0.2) is 0 Å². The molecule has 3 fully saturated rings. The third kappa shape index (κ3) is 3.93. The first-order chi connectivity index (χ1) is 16.4. The Kier molecular flexibility index (Phi) is 6.90. The van der Waals surface area contributed by atoms with Crippen LogP contribution in [0, 0.1) is 34.5 Å². The van der Waals surface area contributed by atoms with Crippen molar-refractivity contribution in [3.63, 3.8) is 0 Å². The molecule has 35 heavy (non-hydrogen) atoms. The lowest BCUT2D eigenvalue weighted by Crippen LogP contribution is -2.63. The van der Waals surface area contributed by atoms with Gasteiger partial charge < -0.3 is 14.6 Å². The molecule has 0 bridgehead atoms. The fourth-order valence-corrected chi connectivity index (χ4v) is 8.19. The largest absolute Gasteiger partial charge is 0.472 e. The number of esters is 1. The quantitative estimate of drug-likeness (QED) is 0.422. The highest BCUT2D eigenvalue weighted by molar-refractivity contribution is 7.80. The highest BCUT2D eigenvalue weighted by atomic mass is 32.1. The number of fused-ring (bicyclic) bond motifs is 5. The van der Waals surface area contributed by atoms with E-state index in [0.717, 1.165) is 18.4 Å². The Balaban J connectivity index is 1.74. The van der Waals surface area contributed by atoms with Gasteiger partial charge in [0.05, 0.1) is 6.10 Å².